The summed E-state index contributed by atoms with van der Waals surface area (Å²) in [6.07, 6.45) is 8.84. The number of nitrogens with one attached hydrogen (secondary N) is 2. The van der Waals surface area contributed by atoms with Gasteiger partial charge in [0, 0.05) is 22.8 Å². The molecule has 2 N–H and O–H groups in total. The van der Waals surface area contributed by atoms with Gasteiger partial charge in [0.05, 0.1) is 24.0 Å². The molecule has 25 heavy (non-hydrogen) atoms. The summed E-state index contributed by atoms with van der Waals surface area (Å²) in [5.41, 5.74) is 4.39. The number of rotatable bonds is 1. The molecule has 2 fully saturated rings. The van der Waals surface area contributed by atoms with Crippen molar-refractivity contribution in [3.05, 3.63) is 53.7 Å². The number of fused-ring (bicyclic) bond motifs is 9. The van der Waals surface area contributed by atoms with Gasteiger partial charge in [0.1, 0.15) is 5.82 Å². The molecule has 5 atom stereocenters. The zero-order valence-corrected chi connectivity index (χ0v) is 13.7. The molecule has 0 saturated heterocycles. The predicted octanol–water partition coefficient (Wildman–Crippen LogP) is 4.39. The zero-order valence-electron chi connectivity index (χ0n) is 13.7. The van der Waals surface area contributed by atoms with Crippen LogP contribution in [-0.4, -0.2) is 15.2 Å². The van der Waals surface area contributed by atoms with E-state index in [1.54, 1.807) is 6.20 Å². The molecule has 1 aliphatic heterocycles. The van der Waals surface area contributed by atoms with Crippen molar-refractivity contribution >= 4 is 16.6 Å². The quantitative estimate of drug-likeness (QED) is 0.694. The molecule has 1 aromatic carbocycles. The van der Waals surface area contributed by atoms with Crippen LogP contribution >= 0.6 is 0 Å². The largest absolute Gasteiger partial charge is 0.378 e. The van der Waals surface area contributed by atoms with E-state index in [9.17, 15) is 4.39 Å². The Morgan fingerprint density at radius 1 is 1.08 bits per heavy atom. The van der Waals surface area contributed by atoms with Crippen LogP contribution in [0, 0.1) is 23.6 Å². The fourth-order valence-electron chi connectivity index (χ4n) is 5.95. The maximum absolute atomic E-state index is 14.5. The molecule has 2 saturated carbocycles. The Hall–Kier alpha value is -2.43. The molecule has 2 aromatic heterocycles. The van der Waals surface area contributed by atoms with Crippen molar-refractivity contribution in [1.82, 2.24) is 15.2 Å². The molecule has 2 bridgehead atoms. The Kier molecular flexibility index (Phi) is 2.66. The zero-order chi connectivity index (χ0) is 16.5. The Labute approximate surface area is 144 Å². The summed E-state index contributed by atoms with van der Waals surface area (Å²) in [5.74, 6) is 2.13. The molecule has 126 valence electrons. The summed E-state index contributed by atoms with van der Waals surface area (Å²) in [7, 11) is 0. The monoisotopic (exact) mass is 334 g/mol. The number of nitrogens with zero attached hydrogens (tertiary/aromatic N) is 2. The molecule has 3 aromatic rings. The lowest BCUT2D eigenvalue weighted by Gasteiger charge is -2.43. The molecule has 0 spiro atoms. The van der Waals surface area contributed by atoms with E-state index >= 15 is 0 Å². The highest BCUT2D eigenvalue weighted by Gasteiger charge is 2.54. The number of benzene rings is 1. The van der Waals surface area contributed by atoms with Crippen molar-refractivity contribution in [3.63, 3.8) is 0 Å². The third-order valence-corrected chi connectivity index (χ3v) is 6.81. The minimum atomic E-state index is -0.200. The molecular weight excluding hydrogens is 315 g/mol. The Bertz CT molecular complexity index is 981. The topological polar surface area (TPSA) is 53.6 Å². The van der Waals surface area contributed by atoms with Gasteiger partial charge < -0.3 is 5.32 Å². The predicted molar refractivity (Wildman–Crippen MR) is 93.7 cm³/mol. The van der Waals surface area contributed by atoms with Crippen LogP contribution in [0.5, 0.6) is 0 Å². The highest BCUT2D eigenvalue weighted by molar-refractivity contribution is 5.88. The van der Waals surface area contributed by atoms with E-state index in [0.29, 0.717) is 23.7 Å². The normalized spacial score (nSPS) is 32.4. The molecule has 0 radical (unpaired) electrons. The van der Waals surface area contributed by atoms with Crippen LogP contribution in [0.1, 0.15) is 42.3 Å². The molecule has 4 nitrogen and oxygen atoms in total. The number of aromatic amines is 1. The molecule has 3 aliphatic rings. The van der Waals surface area contributed by atoms with Gasteiger partial charge in [0.25, 0.3) is 0 Å². The summed E-state index contributed by atoms with van der Waals surface area (Å²) in [4.78, 5) is 3.94. The van der Waals surface area contributed by atoms with Crippen molar-refractivity contribution in [1.29, 1.82) is 0 Å². The number of halogens is 1. The molecule has 3 heterocycles. The van der Waals surface area contributed by atoms with E-state index in [0.717, 1.165) is 16.8 Å². The van der Waals surface area contributed by atoms with Gasteiger partial charge in [-0.05, 0) is 66.7 Å². The van der Waals surface area contributed by atoms with Gasteiger partial charge in [-0.1, -0.05) is 0 Å². The summed E-state index contributed by atoms with van der Waals surface area (Å²) < 4.78 is 14.5. The lowest BCUT2D eigenvalue weighted by molar-refractivity contribution is 0.246. The van der Waals surface area contributed by atoms with E-state index in [-0.39, 0.29) is 11.9 Å². The summed E-state index contributed by atoms with van der Waals surface area (Å²) in [6, 6.07) is 6.07. The maximum atomic E-state index is 14.5. The average Bonchev–Trinajstić information content (AvgIpc) is 3.37. The molecule has 2 aliphatic carbocycles. The van der Waals surface area contributed by atoms with E-state index in [1.165, 1.54) is 36.4 Å². The van der Waals surface area contributed by atoms with Gasteiger partial charge in [0.2, 0.25) is 0 Å². The van der Waals surface area contributed by atoms with Crippen molar-refractivity contribution in [2.75, 3.05) is 5.32 Å². The van der Waals surface area contributed by atoms with Crippen molar-refractivity contribution in [2.45, 2.75) is 31.2 Å². The molecule has 2 unspecified atom stereocenters. The van der Waals surface area contributed by atoms with Crippen molar-refractivity contribution in [3.8, 4) is 0 Å². The number of aromatic nitrogens is 3. The second-order valence-electron chi connectivity index (χ2n) is 7.81. The second kappa shape index (κ2) is 4.81. The first-order valence-electron chi connectivity index (χ1n) is 9.13. The lowest BCUT2D eigenvalue weighted by atomic mass is 9.67. The van der Waals surface area contributed by atoms with Gasteiger partial charge >= 0.3 is 0 Å². The number of H-pyrrole nitrogens is 1. The standard InChI is InChI=1S/C20H19FN4/c21-14-9-22-6-5-12(14)20-18-11-2-1-10(7-11)17(18)19-13-8-23-25-15(13)3-4-16(19)24-20/h3-6,8-11,17-18,20,24H,1-2,7H2,(H,23,25)/t10?,11?,17-,18+,20-/m0/s1. The fourth-order valence-corrected chi connectivity index (χ4v) is 5.95. The molecule has 0 amide bonds. The maximum Gasteiger partial charge on any atom is 0.146 e. The first kappa shape index (κ1) is 13.8. The number of hydrogen-bond acceptors (Lipinski definition) is 3. The van der Waals surface area contributed by atoms with Gasteiger partial charge in [0.15, 0.2) is 0 Å². The minimum Gasteiger partial charge on any atom is -0.378 e. The molecular formula is C20H19FN4. The number of anilines is 1. The second-order valence-corrected chi connectivity index (χ2v) is 7.81. The third kappa shape index (κ3) is 1.76. The Morgan fingerprint density at radius 3 is 2.92 bits per heavy atom. The summed E-state index contributed by atoms with van der Waals surface area (Å²) in [6.45, 7) is 0. The summed E-state index contributed by atoms with van der Waals surface area (Å²) >= 11 is 0. The molecule has 6 rings (SSSR count). The average molecular weight is 334 g/mol. The van der Waals surface area contributed by atoms with E-state index in [2.05, 4.69) is 32.6 Å². The third-order valence-electron chi connectivity index (χ3n) is 6.81. The van der Waals surface area contributed by atoms with Crippen LogP contribution in [0.25, 0.3) is 10.9 Å². The van der Waals surface area contributed by atoms with E-state index in [4.69, 9.17) is 0 Å². The molecule has 5 heteroatoms. The Balaban J connectivity index is 1.58. The van der Waals surface area contributed by atoms with Crippen LogP contribution < -0.4 is 5.32 Å². The van der Waals surface area contributed by atoms with Crippen molar-refractivity contribution in [2.24, 2.45) is 17.8 Å². The fraction of sp³-hybridized carbons (Fsp3) is 0.400. The van der Waals surface area contributed by atoms with Crippen LogP contribution in [0.3, 0.4) is 0 Å². The van der Waals surface area contributed by atoms with Crippen LogP contribution in [0.2, 0.25) is 0 Å². The highest BCUT2D eigenvalue weighted by atomic mass is 19.1. The van der Waals surface area contributed by atoms with Crippen LogP contribution in [0.4, 0.5) is 10.1 Å². The minimum absolute atomic E-state index is 0.0279. The van der Waals surface area contributed by atoms with Crippen molar-refractivity contribution < 1.29 is 4.39 Å². The highest BCUT2D eigenvalue weighted by Crippen LogP contribution is 2.64. The van der Waals surface area contributed by atoms with Gasteiger partial charge in [-0.2, -0.15) is 5.10 Å². The van der Waals surface area contributed by atoms with Crippen LogP contribution in [-0.2, 0) is 0 Å². The van der Waals surface area contributed by atoms with Gasteiger partial charge in [-0.3, -0.25) is 10.1 Å². The van der Waals surface area contributed by atoms with Crippen LogP contribution in [0.15, 0.2) is 36.8 Å². The summed E-state index contributed by atoms with van der Waals surface area (Å²) in [5, 5.41) is 12.3. The lowest BCUT2D eigenvalue weighted by Crippen LogP contribution is -2.36. The first-order valence-corrected chi connectivity index (χ1v) is 9.13. The number of hydrogen-bond donors (Lipinski definition) is 2. The van der Waals surface area contributed by atoms with E-state index in [1.807, 2.05) is 12.3 Å². The SMILES string of the molecule is Fc1cnccc1[C@@H]1Nc2ccc3[nH]ncc3c2[C@H]2C3CCC(C3)[C@@H]12. The van der Waals surface area contributed by atoms with E-state index < -0.39 is 0 Å². The van der Waals surface area contributed by atoms with Gasteiger partial charge in [-0.25, -0.2) is 4.39 Å². The Morgan fingerprint density at radius 2 is 2.00 bits per heavy atom. The first-order chi connectivity index (χ1) is 12.3. The van der Waals surface area contributed by atoms with Gasteiger partial charge in [-0.15, -0.1) is 0 Å². The number of pyridine rings is 1. The smallest absolute Gasteiger partial charge is 0.146 e.